The first kappa shape index (κ1) is 22.3. The largest absolute Gasteiger partial charge is 0.488 e. The van der Waals surface area contributed by atoms with E-state index in [1.807, 2.05) is 0 Å². The van der Waals surface area contributed by atoms with Gasteiger partial charge in [-0.2, -0.15) is 9.78 Å². The third-order valence-electron chi connectivity index (χ3n) is 4.77. The van der Waals surface area contributed by atoms with E-state index in [9.17, 15) is 19.3 Å². The van der Waals surface area contributed by atoms with Gasteiger partial charge in [0.05, 0.1) is 22.0 Å². The van der Waals surface area contributed by atoms with E-state index in [-0.39, 0.29) is 29.2 Å². The number of nitro groups is 1. The quantitative estimate of drug-likeness (QED) is 0.207. The van der Waals surface area contributed by atoms with Crippen LogP contribution in [0.2, 0.25) is 0 Å². The van der Waals surface area contributed by atoms with Crippen molar-refractivity contribution in [3.05, 3.63) is 108 Å². The van der Waals surface area contributed by atoms with Crippen LogP contribution in [0.1, 0.15) is 17.0 Å². The summed E-state index contributed by atoms with van der Waals surface area (Å²) in [6, 6.07) is 15.1. The number of non-ortho nitro benzene ring substituents is 1. The van der Waals surface area contributed by atoms with Crippen LogP contribution < -0.4 is 10.3 Å². The highest BCUT2D eigenvalue weighted by atomic mass is 79.9. The number of ether oxygens (including phenoxy) is 1. The molecule has 0 radical (unpaired) electrons. The fourth-order valence-corrected chi connectivity index (χ4v) is 3.55. The van der Waals surface area contributed by atoms with Crippen molar-refractivity contribution in [3.8, 4) is 5.75 Å². The van der Waals surface area contributed by atoms with Gasteiger partial charge in [-0.15, -0.1) is 0 Å². The lowest BCUT2D eigenvalue weighted by molar-refractivity contribution is -0.384. The zero-order chi connectivity index (χ0) is 23.5. The molecule has 0 fully saturated rings. The van der Waals surface area contributed by atoms with Crippen LogP contribution in [0, 0.1) is 22.9 Å². The number of aryl methyl sites for hydroxylation is 1. The molecule has 0 spiro atoms. The van der Waals surface area contributed by atoms with Crippen molar-refractivity contribution >= 4 is 38.7 Å². The molecule has 0 aliphatic heterocycles. The zero-order valence-electron chi connectivity index (χ0n) is 17.2. The lowest BCUT2D eigenvalue weighted by atomic mass is 10.2. The van der Waals surface area contributed by atoms with Gasteiger partial charge in [-0.1, -0.05) is 28.1 Å². The van der Waals surface area contributed by atoms with E-state index in [2.05, 4.69) is 26.0 Å². The number of halogens is 2. The van der Waals surface area contributed by atoms with E-state index in [1.54, 1.807) is 37.3 Å². The van der Waals surface area contributed by atoms with Gasteiger partial charge < -0.3 is 4.74 Å². The third-order valence-corrected chi connectivity index (χ3v) is 5.26. The number of nitro benzene ring substituents is 1. The second kappa shape index (κ2) is 9.29. The Hall–Kier alpha value is -3.92. The Bertz CT molecular complexity index is 1470. The number of aromatic nitrogens is 2. The van der Waals surface area contributed by atoms with Crippen LogP contribution in [0.4, 0.5) is 10.1 Å². The topological polar surface area (TPSA) is 99.6 Å². The maximum atomic E-state index is 13.4. The summed E-state index contributed by atoms with van der Waals surface area (Å²) < 4.78 is 21.0. The molecule has 1 aromatic heterocycles. The number of hydrogen-bond donors (Lipinski definition) is 0. The Morgan fingerprint density at radius 3 is 2.79 bits per heavy atom. The summed E-state index contributed by atoms with van der Waals surface area (Å²) in [6.45, 7) is 1.68. The minimum absolute atomic E-state index is 0.0426. The summed E-state index contributed by atoms with van der Waals surface area (Å²) in [6.07, 6.45) is 1.30. The number of fused-ring (bicyclic) bond motifs is 1. The molecule has 0 aliphatic rings. The van der Waals surface area contributed by atoms with Crippen LogP contribution in [0.25, 0.3) is 10.9 Å². The molecule has 0 amide bonds. The monoisotopic (exact) mass is 510 g/mol. The molecule has 4 aromatic rings. The molecule has 0 bridgehead atoms. The Morgan fingerprint density at radius 1 is 1.21 bits per heavy atom. The molecule has 3 aromatic carbocycles. The highest BCUT2D eigenvalue weighted by molar-refractivity contribution is 9.10. The Morgan fingerprint density at radius 2 is 2.03 bits per heavy atom. The molecule has 0 atom stereocenters. The van der Waals surface area contributed by atoms with Gasteiger partial charge >= 0.3 is 0 Å². The highest BCUT2D eigenvalue weighted by Gasteiger charge is 2.13. The second-order valence-corrected chi connectivity index (χ2v) is 8.00. The zero-order valence-corrected chi connectivity index (χ0v) is 18.8. The molecule has 4 rings (SSSR count). The summed E-state index contributed by atoms with van der Waals surface area (Å²) >= 11 is 3.34. The van der Waals surface area contributed by atoms with Crippen LogP contribution >= 0.6 is 15.9 Å². The van der Waals surface area contributed by atoms with Gasteiger partial charge in [0.1, 0.15) is 24.0 Å². The molecule has 0 N–H and O–H groups in total. The average molecular weight is 511 g/mol. The summed E-state index contributed by atoms with van der Waals surface area (Å²) in [5.41, 5.74) is 0.845. The summed E-state index contributed by atoms with van der Waals surface area (Å²) in [7, 11) is 0. The van der Waals surface area contributed by atoms with Gasteiger partial charge in [0, 0.05) is 22.2 Å². The summed E-state index contributed by atoms with van der Waals surface area (Å²) in [4.78, 5) is 28.0. The Labute approximate surface area is 195 Å². The van der Waals surface area contributed by atoms with E-state index in [0.717, 1.165) is 9.15 Å². The van der Waals surface area contributed by atoms with E-state index in [4.69, 9.17) is 4.74 Å². The van der Waals surface area contributed by atoms with Crippen LogP contribution in [0.15, 0.2) is 75.0 Å². The first-order chi connectivity index (χ1) is 15.8. The van der Waals surface area contributed by atoms with Gasteiger partial charge in [0.2, 0.25) is 0 Å². The molecule has 0 saturated heterocycles. The molecule has 33 heavy (non-hydrogen) atoms. The third kappa shape index (κ3) is 4.96. The van der Waals surface area contributed by atoms with E-state index < -0.39 is 10.7 Å². The second-order valence-electron chi connectivity index (χ2n) is 7.08. The van der Waals surface area contributed by atoms with Gasteiger partial charge in [-0.3, -0.25) is 14.9 Å². The van der Waals surface area contributed by atoms with Gasteiger partial charge in [-0.05, 0) is 48.9 Å². The van der Waals surface area contributed by atoms with Crippen LogP contribution in [-0.4, -0.2) is 20.8 Å². The normalized spacial score (nSPS) is 11.2. The van der Waals surface area contributed by atoms with E-state index in [1.165, 1.54) is 36.5 Å². The maximum absolute atomic E-state index is 13.4. The van der Waals surface area contributed by atoms with Crippen molar-refractivity contribution < 1.29 is 14.1 Å². The van der Waals surface area contributed by atoms with Crippen molar-refractivity contribution in [2.75, 3.05) is 0 Å². The number of rotatable bonds is 6. The molecule has 166 valence electrons. The smallest absolute Gasteiger partial charge is 0.282 e. The van der Waals surface area contributed by atoms with Crippen molar-refractivity contribution in [2.24, 2.45) is 5.10 Å². The Kier molecular flexibility index (Phi) is 6.27. The predicted molar refractivity (Wildman–Crippen MR) is 125 cm³/mol. The predicted octanol–water partition coefficient (Wildman–Crippen LogP) is 4.98. The minimum Gasteiger partial charge on any atom is -0.488 e. The molecule has 8 nitrogen and oxygen atoms in total. The van der Waals surface area contributed by atoms with Crippen molar-refractivity contribution in [1.82, 2.24) is 9.66 Å². The number of benzene rings is 3. The van der Waals surface area contributed by atoms with Crippen molar-refractivity contribution in [3.63, 3.8) is 0 Å². The fourth-order valence-electron chi connectivity index (χ4n) is 3.19. The summed E-state index contributed by atoms with van der Waals surface area (Å²) in [5, 5.41) is 15.8. The standard InChI is InChI=1S/C23H16BrFN4O4/c1-14-27-21-7-5-17(24)11-20(21)23(30)28(14)26-12-16-10-19(29(31)32)6-8-22(16)33-13-15-3-2-4-18(25)9-15/h2-12H,13H2,1H3. The molecule has 0 aliphatic carbocycles. The first-order valence-electron chi connectivity index (χ1n) is 9.71. The van der Waals surface area contributed by atoms with E-state index >= 15 is 0 Å². The Balaban J connectivity index is 1.72. The molecule has 1 heterocycles. The first-order valence-corrected chi connectivity index (χ1v) is 10.5. The van der Waals surface area contributed by atoms with Gasteiger partial charge in [-0.25, -0.2) is 9.37 Å². The molecule has 10 heteroatoms. The lowest BCUT2D eigenvalue weighted by Gasteiger charge is -2.10. The van der Waals surface area contributed by atoms with Gasteiger partial charge in [0.25, 0.3) is 11.2 Å². The van der Waals surface area contributed by atoms with Crippen LogP contribution in [0.3, 0.4) is 0 Å². The number of hydrogen-bond acceptors (Lipinski definition) is 6. The molecular weight excluding hydrogens is 495 g/mol. The van der Waals surface area contributed by atoms with Crippen LogP contribution in [-0.2, 0) is 6.61 Å². The van der Waals surface area contributed by atoms with E-state index in [0.29, 0.717) is 22.3 Å². The maximum Gasteiger partial charge on any atom is 0.282 e. The highest BCUT2D eigenvalue weighted by Crippen LogP contribution is 2.24. The fraction of sp³-hybridized carbons (Fsp3) is 0.0870. The lowest BCUT2D eigenvalue weighted by Crippen LogP contribution is -2.20. The van der Waals surface area contributed by atoms with Crippen molar-refractivity contribution in [1.29, 1.82) is 0 Å². The average Bonchev–Trinajstić information content (AvgIpc) is 2.78. The number of nitrogens with zero attached hydrogens (tertiary/aromatic N) is 4. The van der Waals surface area contributed by atoms with Crippen LogP contribution in [0.5, 0.6) is 5.75 Å². The molecule has 0 saturated carbocycles. The molecule has 0 unspecified atom stereocenters. The van der Waals surface area contributed by atoms with Crippen molar-refractivity contribution in [2.45, 2.75) is 13.5 Å². The summed E-state index contributed by atoms with van der Waals surface area (Å²) in [5.74, 6) is 0.237. The SMILES string of the molecule is Cc1nc2ccc(Br)cc2c(=O)n1N=Cc1cc([N+](=O)[O-])ccc1OCc1cccc(F)c1. The minimum atomic E-state index is -0.541. The van der Waals surface area contributed by atoms with Gasteiger partial charge in [0.15, 0.2) is 0 Å². The molecular formula is C23H16BrFN4O4.